The van der Waals surface area contributed by atoms with Crippen molar-refractivity contribution in [2.45, 2.75) is 18.6 Å². The molecule has 20 heavy (non-hydrogen) atoms. The molecule has 1 aliphatic rings. The number of hydrogen-bond donors (Lipinski definition) is 1. The Bertz CT molecular complexity index is 702. The first-order valence-electron chi connectivity index (χ1n) is 6.25. The lowest BCUT2D eigenvalue weighted by Gasteiger charge is -2.13. The van der Waals surface area contributed by atoms with Gasteiger partial charge in [-0.15, -0.1) is 0 Å². The lowest BCUT2D eigenvalue weighted by Crippen LogP contribution is -2.26. The van der Waals surface area contributed by atoms with E-state index in [4.69, 9.17) is 0 Å². The standard InChI is InChI=1S/C13H12F3N3O/c14-13(15,16)8-1-2-10-11(5-8)18-7-19(12(10)20)9-3-4-17-6-9/h1-2,5,7,9,17H,3-4,6H2. The normalized spacial score (nSPS) is 19.6. The third kappa shape index (κ3) is 2.18. The van der Waals surface area contributed by atoms with Crippen LogP contribution in [-0.2, 0) is 6.18 Å². The molecular weight excluding hydrogens is 271 g/mol. The Morgan fingerprint density at radius 1 is 1.35 bits per heavy atom. The number of hydrogen-bond acceptors (Lipinski definition) is 3. The zero-order chi connectivity index (χ0) is 14.3. The Kier molecular flexibility index (Phi) is 3.01. The van der Waals surface area contributed by atoms with Gasteiger partial charge in [0.1, 0.15) is 0 Å². The molecule has 2 aromatic rings. The molecule has 7 heteroatoms. The summed E-state index contributed by atoms with van der Waals surface area (Å²) in [6, 6.07) is 3.05. The highest BCUT2D eigenvalue weighted by atomic mass is 19.4. The topological polar surface area (TPSA) is 46.9 Å². The van der Waals surface area contributed by atoms with E-state index in [0.717, 1.165) is 25.1 Å². The average Bonchev–Trinajstić information content (AvgIpc) is 2.91. The van der Waals surface area contributed by atoms with Crippen LogP contribution in [0, 0.1) is 0 Å². The Morgan fingerprint density at radius 2 is 2.15 bits per heavy atom. The summed E-state index contributed by atoms with van der Waals surface area (Å²) in [7, 11) is 0. The monoisotopic (exact) mass is 283 g/mol. The number of fused-ring (bicyclic) bond motifs is 1. The van der Waals surface area contributed by atoms with Gasteiger partial charge in [0.15, 0.2) is 0 Å². The Morgan fingerprint density at radius 3 is 2.80 bits per heavy atom. The van der Waals surface area contributed by atoms with Gasteiger partial charge < -0.3 is 5.32 Å². The summed E-state index contributed by atoms with van der Waals surface area (Å²) in [5.41, 5.74) is -1.01. The molecule has 1 unspecified atom stereocenters. The maximum Gasteiger partial charge on any atom is 0.416 e. The highest BCUT2D eigenvalue weighted by Gasteiger charge is 2.31. The van der Waals surface area contributed by atoms with Crippen LogP contribution in [0.3, 0.4) is 0 Å². The van der Waals surface area contributed by atoms with Crippen LogP contribution in [0.25, 0.3) is 10.9 Å². The van der Waals surface area contributed by atoms with Crippen LogP contribution in [-0.4, -0.2) is 22.6 Å². The van der Waals surface area contributed by atoms with Gasteiger partial charge in [-0.1, -0.05) is 0 Å². The van der Waals surface area contributed by atoms with Crippen molar-refractivity contribution in [3.63, 3.8) is 0 Å². The van der Waals surface area contributed by atoms with Crippen molar-refractivity contribution in [1.82, 2.24) is 14.9 Å². The van der Waals surface area contributed by atoms with Gasteiger partial charge in [0.2, 0.25) is 0 Å². The van der Waals surface area contributed by atoms with Crippen LogP contribution in [0.15, 0.2) is 29.3 Å². The highest BCUT2D eigenvalue weighted by molar-refractivity contribution is 5.78. The first-order chi connectivity index (χ1) is 9.47. The molecule has 0 spiro atoms. The number of aromatic nitrogens is 2. The van der Waals surface area contributed by atoms with Crippen LogP contribution in [0.4, 0.5) is 13.2 Å². The highest BCUT2D eigenvalue weighted by Crippen LogP contribution is 2.30. The minimum Gasteiger partial charge on any atom is -0.315 e. The van der Waals surface area contributed by atoms with Gasteiger partial charge in [0.25, 0.3) is 5.56 Å². The van der Waals surface area contributed by atoms with Crippen molar-refractivity contribution in [1.29, 1.82) is 0 Å². The zero-order valence-electron chi connectivity index (χ0n) is 10.4. The largest absolute Gasteiger partial charge is 0.416 e. The third-order valence-corrected chi connectivity index (χ3v) is 3.54. The van der Waals surface area contributed by atoms with E-state index in [0.29, 0.717) is 6.54 Å². The fraction of sp³-hybridized carbons (Fsp3) is 0.385. The second-order valence-electron chi connectivity index (χ2n) is 4.83. The summed E-state index contributed by atoms with van der Waals surface area (Å²) >= 11 is 0. The molecule has 1 N–H and O–H groups in total. The van der Waals surface area contributed by atoms with E-state index in [1.807, 2.05) is 0 Å². The predicted octanol–water partition coefficient (Wildman–Crippen LogP) is 1.95. The number of alkyl halides is 3. The second kappa shape index (κ2) is 4.59. The van der Waals surface area contributed by atoms with Crippen LogP contribution in [0.2, 0.25) is 0 Å². The summed E-state index contributed by atoms with van der Waals surface area (Å²) < 4.78 is 39.4. The minimum atomic E-state index is -4.43. The molecule has 2 heterocycles. The molecule has 1 aromatic heterocycles. The van der Waals surface area contributed by atoms with E-state index in [9.17, 15) is 18.0 Å². The van der Waals surface area contributed by atoms with E-state index < -0.39 is 11.7 Å². The van der Waals surface area contributed by atoms with E-state index >= 15 is 0 Å². The molecule has 0 bridgehead atoms. The molecule has 1 aromatic carbocycles. The molecule has 1 aliphatic heterocycles. The molecule has 0 saturated carbocycles. The lowest BCUT2D eigenvalue weighted by molar-refractivity contribution is -0.137. The molecule has 0 amide bonds. The van der Waals surface area contributed by atoms with Crippen LogP contribution >= 0.6 is 0 Å². The zero-order valence-corrected chi connectivity index (χ0v) is 10.4. The molecular formula is C13H12F3N3O. The Hall–Kier alpha value is -1.89. The van der Waals surface area contributed by atoms with Crippen molar-refractivity contribution in [3.05, 3.63) is 40.4 Å². The van der Waals surface area contributed by atoms with Gasteiger partial charge in [0.05, 0.1) is 28.8 Å². The number of benzene rings is 1. The van der Waals surface area contributed by atoms with Crippen molar-refractivity contribution < 1.29 is 13.2 Å². The first kappa shape index (κ1) is 13.1. The SMILES string of the molecule is O=c1c2ccc(C(F)(F)F)cc2ncn1C1CCNC1. The molecule has 1 saturated heterocycles. The van der Waals surface area contributed by atoms with Gasteiger partial charge in [-0.2, -0.15) is 13.2 Å². The van der Waals surface area contributed by atoms with Crippen LogP contribution in [0.1, 0.15) is 18.0 Å². The number of halogens is 3. The fourth-order valence-electron chi connectivity index (χ4n) is 2.45. The van der Waals surface area contributed by atoms with E-state index in [1.54, 1.807) is 0 Å². The van der Waals surface area contributed by atoms with E-state index in [-0.39, 0.29) is 22.5 Å². The second-order valence-corrected chi connectivity index (χ2v) is 4.83. The van der Waals surface area contributed by atoms with E-state index in [1.165, 1.54) is 17.0 Å². The molecule has 3 rings (SSSR count). The van der Waals surface area contributed by atoms with Crippen molar-refractivity contribution in [2.75, 3.05) is 13.1 Å². The van der Waals surface area contributed by atoms with Crippen molar-refractivity contribution in [3.8, 4) is 0 Å². The summed E-state index contributed by atoms with van der Waals surface area (Å²) in [5, 5.41) is 3.35. The van der Waals surface area contributed by atoms with Gasteiger partial charge in [-0.3, -0.25) is 9.36 Å². The summed E-state index contributed by atoms with van der Waals surface area (Å²) in [6.07, 6.45) is -2.28. The molecule has 106 valence electrons. The average molecular weight is 283 g/mol. The van der Waals surface area contributed by atoms with Gasteiger partial charge >= 0.3 is 6.18 Å². The Balaban J connectivity index is 2.12. The van der Waals surface area contributed by atoms with E-state index in [2.05, 4.69) is 10.3 Å². The summed E-state index contributed by atoms with van der Waals surface area (Å²) in [6.45, 7) is 1.50. The summed E-state index contributed by atoms with van der Waals surface area (Å²) in [4.78, 5) is 16.3. The maximum absolute atomic E-state index is 12.6. The fourth-order valence-corrected chi connectivity index (χ4v) is 2.45. The van der Waals surface area contributed by atoms with Crippen LogP contribution < -0.4 is 10.9 Å². The van der Waals surface area contributed by atoms with Gasteiger partial charge in [-0.05, 0) is 31.2 Å². The molecule has 0 aliphatic carbocycles. The molecule has 4 nitrogen and oxygen atoms in total. The lowest BCUT2D eigenvalue weighted by atomic mass is 10.1. The smallest absolute Gasteiger partial charge is 0.315 e. The summed E-state index contributed by atoms with van der Waals surface area (Å²) in [5.74, 6) is 0. The quantitative estimate of drug-likeness (QED) is 0.870. The van der Waals surface area contributed by atoms with Crippen molar-refractivity contribution in [2.24, 2.45) is 0 Å². The van der Waals surface area contributed by atoms with Crippen LogP contribution in [0.5, 0.6) is 0 Å². The Labute approximate surface area is 112 Å². The maximum atomic E-state index is 12.6. The molecule has 1 atom stereocenters. The number of nitrogens with zero attached hydrogens (tertiary/aromatic N) is 2. The third-order valence-electron chi connectivity index (χ3n) is 3.54. The minimum absolute atomic E-state index is 0.0155. The number of rotatable bonds is 1. The number of nitrogens with one attached hydrogen (secondary N) is 1. The van der Waals surface area contributed by atoms with Gasteiger partial charge in [0, 0.05) is 6.54 Å². The first-order valence-corrected chi connectivity index (χ1v) is 6.25. The molecule has 1 fully saturated rings. The predicted molar refractivity (Wildman–Crippen MR) is 67.5 cm³/mol. The van der Waals surface area contributed by atoms with Gasteiger partial charge in [-0.25, -0.2) is 4.98 Å². The van der Waals surface area contributed by atoms with Crippen molar-refractivity contribution >= 4 is 10.9 Å². The molecule has 0 radical (unpaired) electrons.